The van der Waals surface area contributed by atoms with Crippen molar-refractivity contribution < 1.29 is 34.3 Å². The average molecular weight is 768 g/mol. The van der Waals surface area contributed by atoms with E-state index in [0.717, 1.165) is 10.6 Å². The van der Waals surface area contributed by atoms with Crippen LogP contribution >= 0.6 is 11.3 Å². The van der Waals surface area contributed by atoms with Gasteiger partial charge in [-0.2, -0.15) is 0 Å². The zero-order valence-electron chi connectivity index (χ0n) is 54.0. The lowest BCUT2D eigenvalue weighted by atomic mass is 9.98. The van der Waals surface area contributed by atoms with E-state index in [1.165, 1.54) is 22.8 Å². The Morgan fingerprint density at radius 2 is 0.930 bits per heavy atom. The van der Waals surface area contributed by atoms with Crippen LogP contribution in [0.3, 0.4) is 0 Å². The van der Waals surface area contributed by atoms with Crippen LogP contribution in [0.1, 0.15) is 34.3 Å². The third-order valence-electron chi connectivity index (χ3n) is 9.66. The van der Waals surface area contributed by atoms with Crippen LogP contribution in [0.25, 0.3) is 109 Å². The summed E-state index contributed by atoms with van der Waals surface area (Å²) in [6, 6.07) is -2.90. The van der Waals surface area contributed by atoms with Crippen molar-refractivity contribution in [2.45, 2.75) is 0 Å². The lowest BCUT2D eigenvalue weighted by molar-refractivity contribution is 1.18. The maximum absolute atomic E-state index is 9.96. The van der Waals surface area contributed by atoms with Crippen LogP contribution < -0.4 is 0 Å². The van der Waals surface area contributed by atoms with E-state index in [2.05, 4.69) is 0 Å². The van der Waals surface area contributed by atoms with Crippen molar-refractivity contribution in [1.29, 1.82) is 0 Å². The second kappa shape index (κ2) is 12.7. The van der Waals surface area contributed by atoms with Gasteiger partial charge in [0.05, 0.1) is 56.3 Å². The van der Waals surface area contributed by atoms with Crippen LogP contribution in [0.4, 0.5) is 0 Å². The second-order valence-corrected chi connectivity index (χ2v) is 13.9. The van der Waals surface area contributed by atoms with Crippen LogP contribution in [-0.2, 0) is 0 Å². The Balaban J connectivity index is 1.18. The van der Waals surface area contributed by atoms with Gasteiger partial charge in [0.25, 0.3) is 0 Å². The molecule has 9 aromatic carbocycles. The number of thiophene rings is 1. The lowest BCUT2D eigenvalue weighted by Gasteiger charge is -2.10. The summed E-state index contributed by atoms with van der Waals surface area (Å²) in [5, 5.41) is -1.83. The summed E-state index contributed by atoms with van der Waals surface area (Å²) in [5.41, 5.74) is -3.83. The fourth-order valence-corrected chi connectivity index (χ4v) is 8.12. The molecule has 12 aromatic rings. The molecule has 0 saturated carbocycles. The summed E-state index contributed by atoms with van der Waals surface area (Å²) < 4.78 is 232. The minimum Gasteiger partial charge on any atom is -0.309 e. The van der Waals surface area contributed by atoms with Crippen molar-refractivity contribution >= 4 is 75.1 Å². The highest BCUT2D eigenvalue weighted by Gasteiger charge is 2.17. The van der Waals surface area contributed by atoms with E-state index < -0.39 is 178 Å². The summed E-state index contributed by atoms with van der Waals surface area (Å²) in [7, 11) is 0. The number of rotatable bonds is 5. The monoisotopic (exact) mass is 767 g/mol. The fraction of sp³-hybridized carbons (Fsp3) is 0. The second-order valence-electron chi connectivity index (χ2n) is 12.9. The average Bonchev–Trinajstić information content (AvgIpc) is 4.37. The molecule has 0 aliphatic carbocycles. The quantitative estimate of drug-likeness (QED) is 0.165. The van der Waals surface area contributed by atoms with E-state index in [1.54, 1.807) is 30.3 Å². The van der Waals surface area contributed by atoms with Gasteiger partial charge >= 0.3 is 0 Å². The van der Waals surface area contributed by atoms with Gasteiger partial charge in [-0.15, -0.1) is 11.3 Å². The number of hydrogen-bond acceptors (Lipinski definition) is 1. The summed E-state index contributed by atoms with van der Waals surface area (Å²) >= 11 is 0.670. The minimum atomic E-state index is -0.887. The summed E-state index contributed by atoms with van der Waals surface area (Å²) in [4.78, 5) is 0. The van der Waals surface area contributed by atoms with Crippen molar-refractivity contribution in [2.24, 2.45) is 0 Å². The van der Waals surface area contributed by atoms with E-state index in [9.17, 15) is 20.6 Å². The fourth-order valence-electron chi connectivity index (χ4n) is 7.11. The van der Waals surface area contributed by atoms with E-state index in [1.807, 2.05) is 0 Å². The molecule has 0 saturated heterocycles. The molecule has 3 heterocycles. The highest BCUT2D eigenvalue weighted by atomic mass is 32.1. The zero-order chi connectivity index (χ0) is 59.2. The molecule has 0 aliphatic rings. The van der Waals surface area contributed by atoms with Crippen molar-refractivity contribution in [2.75, 3.05) is 0 Å². The van der Waals surface area contributed by atoms with Crippen LogP contribution in [0.15, 0.2) is 206 Å². The molecular formula is C54H34N2S. The Bertz CT molecular complexity index is 4990. The van der Waals surface area contributed by atoms with Crippen LogP contribution in [0.2, 0.25) is 0 Å². The number of para-hydroxylation sites is 3. The molecule has 0 amide bonds. The van der Waals surface area contributed by atoms with Gasteiger partial charge in [-0.25, -0.2) is 0 Å². The number of aromatic nitrogens is 2. The first-order valence-corrected chi connectivity index (χ1v) is 18.3. The molecule has 0 N–H and O–H groups in total. The molecule has 12 rings (SSSR count). The largest absolute Gasteiger partial charge is 0.309 e. The van der Waals surface area contributed by atoms with Crippen LogP contribution in [0.5, 0.6) is 0 Å². The SMILES string of the molecule is [2H]c1ccc([2H])c(-c2c([2H])c([2H])cc(-c3c([2H])c([2H])c4c(sc5c([2H])c(-n6c7c([2H])c([2H])c([2H])c([2H])c7c7c([2H])c(-c8c([2H])c([2H])c9c%10c([2H])c([2H])c([2H])c([2H])c%10n(-c%10ccccc%10)c9c8[2H])c([2H])c([2H])c76)c([2H])c([2H])c54)c3[2H])c2[2H])c1. The number of benzene rings is 9. The molecule has 0 aliphatic heterocycles. The Morgan fingerprint density at radius 3 is 1.77 bits per heavy atom. The maximum Gasteiger partial charge on any atom is 0.0660 e. The van der Waals surface area contributed by atoms with Gasteiger partial charge in [0.2, 0.25) is 0 Å². The van der Waals surface area contributed by atoms with Crippen molar-refractivity contribution in [3.8, 4) is 44.8 Å². The summed E-state index contributed by atoms with van der Waals surface area (Å²) in [6.45, 7) is 0. The standard InChI is InChI=1S/C54H34N2S/c1-3-12-35(13-4-1)36-14-11-15-37(30-36)40-23-27-46-47-28-25-42(34-54(47)57-53(46)33-40)56-50-21-10-8-19-44(50)48-31-38(24-29-51(48)56)39-22-26-45-43-18-7-9-20-49(43)55(52(45)32-39)41-16-5-2-6-17-41/h1-34H/i3D,7D,8D,9D,10D,11D,13D,14D,18D,19D,20D,21D,22D,23D,24D,25D,26D,27D,28D,29D,30D,31D,32D,33D,34D. The molecule has 0 atom stereocenters. The molecule has 266 valence electrons. The van der Waals surface area contributed by atoms with Gasteiger partial charge in [-0.3, -0.25) is 0 Å². The highest BCUT2D eigenvalue weighted by Crippen LogP contribution is 2.41. The molecule has 0 bridgehead atoms. The first kappa shape index (κ1) is 16.1. The highest BCUT2D eigenvalue weighted by molar-refractivity contribution is 7.25. The van der Waals surface area contributed by atoms with E-state index in [-0.39, 0.29) is 82.0 Å². The van der Waals surface area contributed by atoms with Crippen LogP contribution in [-0.4, -0.2) is 9.13 Å². The van der Waals surface area contributed by atoms with Gasteiger partial charge in [0.1, 0.15) is 0 Å². The molecule has 2 nitrogen and oxygen atoms in total. The molecule has 3 aromatic heterocycles. The Morgan fingerprint density at radius 1 is 0.316 bits per heavy atom. The van der Waals surface area contributed by atoms with E-state index in [4.69, 9.17) is 13.7 Å². The molecule has 0 spiro atoms. The molecule has 0 radical (unpaired) electrons. The van der Waals surface area contributed by atoms with Gasteiger partial charge in [-0.1, -0.05) is 139 Å². The maximum atomic E-state index is 9.96. The predicted octanol–water partition coefficient (Wildman–Crippen LogP) is 15.2. The summed E-state index contributed by atoms with van der Waals surface area (Å²) in [5.74, 6) is 0. The Hall–Kier alpha value is -7.20. The van der Waals surface area contributed by atoms with Gasteiger partial charge in [-0.05, 0) is 99.9 Å². The molecule has 3 heteroatoms. The van der Waals surface area contributed by atoms with Crippen molar-refractivity contribution in [3.63, 3.8) is 0 Å². The smallest absolute Gasteiger partial charge is 0.0660 e. The topological polar surface area (TPSA) is 9.86 Å². The first-order valence-electron chi connectivity index (χ1n) is 30.0. The third kappa shape index (κ3) is 5.10. The predicted molar refractivity (Wildman–Crippen MR) is 244 cm³/mol. The molecule has 0 unspecified atom stereocenters. The zero-order valence-corrected chi connectivity index (χ0v) is 29.8. The lowest BCUT2D eigenvalue weighted by Crippen LogP contribution is -1.93. The van der Waals surface area contributed by atoms with E-state index >= 15 is 0 Å². The molecule has 0 fully saturated rings. The van der Waals surface area contributed by atoms with Gasteiger partial charge in [0.15, 0.2) is 0 Å². The number of fused-ring (bicyclic) bond motifs is 9. The Kier molecular flexibility index (Phi) is 3.58. The van der Waals surface area contributed by atoms with Gasteiger partial charge < -0.3 is 9.13 Å². The summed E-state index contributed by atoms with van der Waals surface area (Å²) in [6.07, 6.45) is 0. The molecular weight excluding hydrogens is 709 g/mol. The van der Waals surface area contributed by atoms with Gasteiger partial charge in [0, 0.05) is 53.1 Å². The molecule has 57 heavy (non-hydrogen) atoms. The minimum absolute atomic E-state index is 0.0361. The number of nitrogens with zero attached hydrogens (tertiary/aromatic N) is 2. The normalized spacial score (nSPS) is 18.0. The van der Waals surface area contributed by atoms with E-state index in [0.29, 0.717) is 11.3 Å². The Labute approximate surface area is 368 Å². The van der Waals surface area contributed by atoms with Crippen molar-refractivity contribution in [1.82, 2.24) is 9.13 Å². The van der Waals surface area contributed by atoms with Crippen molar-refractivity contribution in [3.05, 3.63) is 206 Å². The van der Waals surface area contributed by atoms with Crippen LogP contribution in [0, 0.1) is 0 Å². The first-order chi connectivity index (χ1) is 38.7. The third-order valence-corrected chi connectivity index (χ3v) is 10.7. The number of hydrogen-bond donors (Lipinski definition) is 0.